The third-order valence-electron chi connectivity index (χ3n) is 6.40. The number of hydrogen-bond acceptors (Lipinski definition) is 3. The van der Waals surface area contributed by atoms with Crippen molar-refractivity contribution >= 4 is 50.5 Å². The van der Waals surface area contributed by atoms with Gasteiger partial charge >= 0.3 is 0 Å². The summed E-state index contributed by atoms with van der Waals surface area (Å²) in [6.07, 6.45) is 0. The lowest BCUT2D eigenvalue weighted by atomic mass is 9.78. The lowest BCUT2D eigenvalue weighted by Gasteiger charge is -2.56. The van der Waals surface area contributed by atoms with Crippen LogP contribution in [0, 0.1) is 19.8 Å². The standard InChI is InChI=1S/C26H24BrN3O2S/c1-15-9-11-20(16(2)13-15)28-24(31)22-23-19-14-17(27)10-12-21(19)32-26(22,3)30(25(33)29-23)18-7-5-4-6-8-18/h4-14,22-23H,1-3H3,(H,28,31)(H,29,33)/t22-,23-,26-/m0/s1. The monoisotopic (exact) mass is 521 g/mol. The van der Waals surface area contributed by atoms with Gasteiger partial charge in [0.1, 0.15) is 11.7 Å². The van der Waals surface area contributed by atoms with Gasteiger partial charge in [0.15, 0.2) is 10.8 Å². The Balaban J connectivity index is 1.63. The number of aryl methyl sites for hydroxylation is 2. The van der Waals surface area contributed by atoms with Gasteiger partial charge in [0.25, 0.3) is 0 Å². The van der Waals surface area contributed by atoms with Crippen LogP contribution in [0.3, 0.4) is 0 Å². The smallest absolute Gasteiger partial charge is 0.236 e. The Labute approximate surface area is 207 Å². The zero-order valence-corrected chi connectivity index (χ0v) is 21.0. The number of anilines is 2. The van der Waals surface area contributed by atoms with Crippen molar-refractivity contribution < 1.29 is 9.53 Å². The summed E-state index contributed by atoms with van der Waals surface area (Å²) in [6.45, 7) is 5.98. The molecule has 0 unspecified atom stereocenters. The van der Waals surface area contributed by atoms with Gasteiger partial charge in [-0.3, -0.25) is 9.69 Å². The molecule has 0 radical (unpaired) electrons. The van der Waals surface area contributed by atoms with Crippen LogP contribution in [0.25, 0.3) is 0 Å². The van der Waals surface area contributed by atoms with Gasteiger partial charge in [-0.25, -0.2) is 0 Å². The number of ether oxygens (including phenoxy) is 1. The van der Waals surface area contributed by atoms with Crippen LogP contribution in [0.15, 0.2) is 71.2 Å². The van der Waals surface area contributed by atoms with E-state index in [9.17, 15) is 4.79 Å². The Hall–Kier alpha value is -2.90. The van der Waals surface area contributed by atoms with Crippen LogP contribution < -0.4 is 20.3 Å². The second-order valence-electron chi connectivity index (χ2n) is 8.72. The minimum absolute atomic E-state index is 0.129. The Kier molecular flexibility index (Phi) is 5.41. The van der Waals surface area contributed by atoms with Gasteiger partial charge in [-0.1, -0.05) is 51.8 Å². The molecule has 2 aliphatic heterocycles. The molecule has 0 saturated carbocycles. The molecule has 168 valence electrons. The first kappa shape index (κ1) is 21.9. The molecular weight excluding hydrogens is 498 g/mol. The molecule has 2 bridgehead atoms. The van der Waals surface area contributed by atoms with Crippen molar-refractivity contribution in [2.24, 2.45) is 5.92 Å². The fraction of sp³-hybridized carbons (Fsp3) is 0.231. The highest BCUT2D eigenvalue weighted by atomic mass is 79.9. The Morgan fingerprint density at radius 3 is 2.61 bits per heavy atom. The topological polar surface area (TPSA) is 53.6 Å². The van der Waals surface area contributed by atoms with E-state index in [-0.39, 0.29) is 11.9 Å². The number of hydrogen-bond donors (Lipinski definition) is 2. The van der Waals surface area contributed by atoms with Crippen LogP contribution in [0.2, 0.25) is 0 Å². The summed E-state index contributed by atoms with van der Waals surface area (Å²) >= 11 is 9.35. The fourth-order valence-corrected chi connectivity index (χ4v) is 5.68. The summed E-state index contributed by atoms with van der Waals surface area (Å²) in [6, 6.07) is 21.3. The number of carbonyl (C=O) groups excluding carboxylic acids is 1. The van der Waals surface area contributed by atoms with E-state index >= 15 is 0 Å². The van der Waals surface area contributed by atoms with Crippen LogP contribution >= 0.6 is 28.1 Å². The van der Waals surface area contributed by atoms with E-state index in [0.717, 1.165) is 38.3 Å². The van der Waals surface area contributed by atoms with Crippen molar-refractivity contribution in [1.29, 1.82) is 0 Å². The molecule has 1 saturated heterocycles. The van der Waals surface area contributed by atoms with E-state index in [4.69, 9.17) is 17.0 Å². The lowest BCUT2D eigenvalue weighted by Crippen LogP contribution is -2.72. The van der Waals surface area contributed by atoms with Crippen molar-refractivity contribution in [3.8, 4) is 5.75 Å². The highest BCUT2D eigenvalue weighted by Crippen LogP contribution is 2.50. The minimum Gasteiger partial charge on any atom is -0.467 e. The van der Waals surface area contributed by atoms with E-state index in [1.165, 1.54) is 0 Å². The highest BCUT2D eigenvalue weighted by Gasteiger charge is 2.59. The van der Waals surface area contributed by atoms with Crippen molar-refractivity contribution in [2.75, 3.05) is 10.2 Å². The van der Waals surface area contributed by atoms with Crippen LogP contribution in [0.4, 0.5) is 11.4 Å². The second-order valence-corrected chi connectivity index (χ2v) is 10.0. The summed E-state index contributed by atoms with van der Waals surface area (Å²) in [5, 5.41) is 7.12. The largest absolute Gasteiger partial charge is 0.467 e. The molecule has 5 rings (SSSR count). The van der Waals surface area contributed by atoms with Gasteiger partial charge in [0, 0.05) is 21.4 Å². The van der Waals surface area contributed by atoms with E-state index in [1.54, 1.807) is 0 Å². The number of carbonyl (C=O) groups is 1. The molecule has 1 amide bonds. The molecular formula is C26H24BrN3O2S. The number of amides is 1. The number of rotatable bonds is 3. The molecule has 7 heteroatoms. The molecule has 3 aromatic carbocycles. The number of nitrogens with one attached hydrogen (secondary N) is 2. The van der Waals surface area contributed by atoms with Crippen molar-refractivity contribution in [1.82, 2.24) is 5.32 Å². The molecule has 1 fully saturated rings. The fourth-order valence-electron chi connectivity index (χ4n) is 4.88. The van der Waals surface area contributed by atoms with Crippen LogP contribution in [0.5, 0.6) is 5.75 Å². The molecule has 0 aromatic heterocycles. The Morgan fingerprint density at radius 2 is 1.88 bits per heavy atom. The predicted molar refractivity (Wildman–Crippen MR) is 139 cm³/mol. The van der Waals surface area contributed by atoms with Gasteiger partial charge in [0.05, 0.1) is 6.04 Å². The first-order chi connectivity index (χ1) is 15.8. The van der Waals surface area contributed by atoms with Crippen molar-refractivity contribution in [3.05, 3.63) is 87.9 Å². The van der Waals surface area contributed by atoms with Gasteiger partial charge in [-0.2, -0.15) is 0 Å². The average Bonchev–Trinajstić information content (AvgIpc) is 2.76. The Morgan fingerprint density at radius 1 is 1.12 bits per heavy atom. The maximum absolute atomic E-state index is 13.9. The number of halogens is 1. The molecule has 2 N–H and O–H groups in total. The molecule has 3 atom stereocenters. The third kappa shape index (κ3) is 3.69. The van der Waals surface area contributed by atoms with Gasteiger partial charge in [0.2, 0.25) is 5.91 Å². The number of fused-ring (bicyclic) bond motifs is 4. The molecule has 0 spiro atoms. The average molecular weight is 522 g/mol. The van der Waals surface area contributed by atoms with E-state index in [2.05, 4.69) is 32.6 Å². The zero-order valence-electron chi connectivity index (χ0n) is 18.6. The SMILES string of the molecule is Cc1ccc(NC(=O)[C@@H]2[C@H]3NC(=S)N(c4ccccc4)[C@@]2(C)Oc2ccc(Br)cc23)c(C)c1. The van der Waals surface area contributed by atoms with Crippen LogP contribution in [-0.4, -0.2) is 16.7 Å². The zero-order chi connectivity index (χ0) is 23.3. The molecule has 2 heterocycles. The molecule has 33 heavy (non-hydrogen) atoms. The van der Waals surface area contributed by atoms with Gasteiger partial charge in [-0.05, 0) is 75.0 Å². The molecule has 2 aliphatic rings. The van der Waals surface area contributed by atoms with E-state index in [0.29, 0.717) is 5.11 Å². The number of thiocarbonyl (C=S) groups is 1. The highest BCUT2D eigenvalue weighted by molar-refractivity contribution is 9.10. The van der Waals surface area contributed by atoms with Gasteiger partial charge in [-0.15, -0.1) is 0 Å². The van der Waals surface area contributed by atoms with Crippen LogP contribution in [0.1, 0.15) is 29.7 Å². The van der Waals surface area contributed by atoms with Crippen molar-refractivity contribution in [3.63, 3.8) is 0 Å². The number of nitrogens with zero attached hydrogens (tertiary/aromatic N) is 1. The van der Waals surface area contributed by atoms with Crippen molar-refractivity contribution in [2.45, 2.75) is 32.5 Å². The number of para-hydroxylation sites is 1. The van der Waals surface area contributed by atoms with E-state index in [1.807, 2.05) is 86.3 Å². The maximum atomic E-state index is 13.9. The summed E-state index contributed by atoms with van der Waals surface area (Å²) in [5.74, 6) is 0.0279. The predicted octanol–water partition coefficient (Wildman–Crippen LogP) is 5.87. The molecule has 3 aromatic rings. The first-order valence-corrected chi connectivity index (χ1v) is 12.0. The van der Waals surface area contributed by atoms with E-state index < -0.39 is 11.6 Å². The first-order valence-electron chi connectivity index (χ1n) is 10.8. The Bertz CT molecular complexity index is 1270. The molecule has 5 nitrogen and oxygen atoms in total. The lowest BCUT2D eigenvalue weighted by molar-refractivity contribution is -0.130. The second kappa shape index (κ2) is 8.15. The quantitative estimate of drug-likeness (QED) is 0.422. The summed E-state index contributed by atoms with van der Waals surface area (Å²) in [5.41, 5.74) is 3.69. The van der Waals surface area contributed by atoms with Gasteiger partial charge < -0.3 is 15.4 Å². The maximum Gasteiger partial charge on any atom is 0.236 e. The molecule has 0 aliphatic carbocycles. The summed E-state index contributed by atoms with van der Waals surface area (Å²) in [4.78, 5) is 15.8. The number of benzene rings is 3. The normalized spacial score (nSPS) is 23.3. The van der Waals surface area contributed by atoms with Crippen LogP contribution in [-0.2, 0) is 4.79 Å². The summed E-state index contributed by atoms with van der Waals surface area (Å²) < 4.78 is 7.54. The third-order valence-corrected chi connectivity index (χ3v) is 7.19. The minimum atomic E-state index is -1.03. The summed E-state index contributed by atoms with van der Waals surface area (Å²) in [7, 11) is 0.